The van der Waals surface area contributed by atoms with Gasteiger partial charge in [0.25, 0.3) is 5.56 Å². The fourth-order valence-electron chi connectivity index (χ4n) is 3.78. The highest BCUT2D eigenvalue weighted by molar-refractivity contribution is 8.01. The van der Waals surface area contributed by atoms with Crippen molar-refractivity contribution in [2.75, 3.05) is 18.1 Å². The first kappa shape index (κ1) is 22.1. The standard InChI is InChI=1S/C22H24N6O2S2/c1-13-11-17(18(29)12-31-22-25-24-21(23-4)32-22)14(2)27(13)19-15(3)26(5)28(20(19)30)16-9-7-6-8-10-16/h6-11H,12H2,1-5H3,(H,23,24). The van der Waals surface area contributed by atoms with E-state index in [9.17, 15) is 9.59 Å². The van der Waals surface area contributed by atoms with E-state index in [4.69, 9.17) is 0 Å². The average Bonchev–Trinajstić information content (AvgIpc) is 3.43. The van der Waals surface area contributed by atoms with Crippen molar-refractivity contribution < 1.29 is 4.79 Å². The Morgan fingerprint density at radius 2 is 1.84 bits per heavy atom. The lowest BCUT2D eigenvalue weighted by atomic mass is 10.2. The molecule has 0 radical (unpaired) electrons. The van der Waals surface area contributed by atoms with E-state index in [0.29, 0.717) is 16.4 Å². The topological polar surface area (TPSA) is 86.7 Å². The van der Waals surface area contributed by atoms with Crippen molar-refractivity contribution in [1.82, 2.24) is 24.1 Å². The number of ketones is 1. The molecular formula is C22H24N6O2S2. The van der Waals surface area contributed by atoms with Gasteiger partial charge in [-0.1, -0.05) is 41.3 Å². The summed E-state index contributed by atoms with van der Waals surface area (Å²) in [5.74, 6) is 0.248. The number of carbonyl (C=O) groups is 1. The molecule has 0 aliphatic rings. The van der Waals surface area contributed by atoms with Gasteiger partial charge in [0.2, 0.25) is 5.13 Å². The van der Waals surface area contributed by atoms with Crippen LogP contribution in [0.4, 0.5) is 5.13 Å². The highest BCUT2D eigenvalue weighted by atomic mass is 32.2. The fourth-order valence-corrected chi connectivity index (χ4v) is 5.36. The van der Waals surface area contributed by atoms with Gasteiger partial charge >= 0.3 is 0 Å². The second-order valence-electron chi connectivity index (χ2n) is 7.37. The molecule has 0 atom stereocenters. The van der Waals surface area contributed by atoms with Crippen molar-refractivity contribution in [1.29, 1.82) is 0 Å². The Hall–Kier alpha value is -3.11. The van der Waals surface area contributed by atoms with Crippen molar-refractivity contribution in [2.45, 2.75) is 25.1 Å². The van der Waals surface area contributed by atoms with Crippen LogP contribution < -0.4 is 10.9 Å². The van der Waals surface area contributed by atoms with E-state index in [1.807, 2.05) is 73.5 Å². The van der Waals surface area contributed by atoms with Crippen LogP contribution in [0.15, 0.2) is 45.5 Å². The maximum Gasteiger partial charge on any atom is 0.295 e. The van der Waals surface area contributed by atoms with Crippen molar-refractivity contribution in [3.05, 3.63) is 69.4 Å². The molecule has 1 N–H and O–H groups in total. The third-order valence-corrected chi connectivity index (χ3v) is 7.50. The van der Waals surface area contributed by atoms with E-state index in [2.05, 4.69) is 15.5 Å². The van der Waals surface area contributed by atoms with Gasteiger partial charge in [-0.3, -0.25) is 14.3 Å². The second kappa shape index (κ2) is 8.79. The smallest absolute Gasteiger partial charge is 0.295 e. The lowest BCUT2D eigenvalue weighted by molar-refractivity contribution is 0.102. The van der Waals surface area contributed by atoms with E-state index in [1.165, 1.54) is 23.1 Å². The minimum Gasteiger partial charge on any atom is -0.363 e. The molecule has 1 aromatic carbocycles. The third-order valence-electron chi connectivity index (χ3n) is 5.43. The number of nitrogens with one attached hydrogen (secondary N) is 1. The van der Waals surface area contributed by atoms with Crippen LogP contribution in [0.5, 0.6) is 0 Å². The van der Waals surface area contributed by atoms with Crippen LogP contribution in [0.1, 0.15) is 27.4 Å². The summed E-state index contributed by atoms with van der Waals surface area (Å²) in [6.45, 7) is 5.72. The predicted molar refractivity (Wildman–Crippen MR) is 129 cm³/mol. The number of hydrogen-bond donors (Lipinski definition) is 1. The van der Waals surface area contributed by atoms with Crippen LogP contribution in [0, 0.1) is 20.8 Å². The highest BCUT2D eigenvalue weighted by Crippen LogP contribution is 2.28. The minimum absolute atomic E-state index is 0.00692. The van der Waals surface area contributed by atoms with Gasteiger partial charge in [0.1, 0.15) is 5.69 Å². The Balaban J connectivity index is 1.69. The van der Waals surface area contributed by atoms with E-state index >= 15 is 0 Å². The Kier molecular flexibility index (Phi) is 6.07. The average molecular weight is 469 g/mol. The van der Waals surface area contributed by atoms with Gasteiger partial charge in [0.05, 0.1) is 17.1 Å². The summed E-state index contributed by atoms with van der Waals surface area (Å²) in [5.41, 5.74) is 4.26. The molecule has 166 valence electrons. The summed E-state index contributed by atoms with van der Waals surface area (Å²) in [4.78, 5) is 26.4. The molecule has 0 saturated carbocycles. The van der Waals surface area contributed by atoms with Crippen molar-refractivity contribution in [3.63, 3.8) is 0 Å². The molecule has 4 rings (SSSR count). The Morgan fingerprint density at radius 1 is 1.12 bits per heavy atom. The van der Waals surface area contributed by atoms with E-state index in [-0.39, 0.29) is 17.1 Å². The zero-order valence-electron chi connectivity index (χ0n) is 18.5. The van der Waals surface area contributed by atoms with Crippen LogP contribution in [-0.2, 0) is 7.05 Å². The maximum absolute atomic E-state index is 13.4. The van der Waals surface area contributed by atoms with E-state index < -0.39 is 0 Å². The monoisotopic (exact) mass is 468 g/mol. The largest absolute Gasteiger partial charge is 0.363 e. The van der Waals surface area contributed by atoms with Crippen LogP contribution in [0.3, 0.4) is 0 Å². The molecule has 0 unspecified atom stereocenters. The number of anilines is 1. The first-order chi connectivity index (χ1) is 15.3. The molecule has 4 aromatic rings. The van der Waals surface area contributed by atoms with Gasteiger partial charge in [-0.05, 0) is 39.0 Å². The number of rotatable bonds is 7. The van der Waals surface area contributed by atoms with Crippen LogP contribution >= 0.6 is 23.1 Å². The first-order valence-corrected chi connectivity index (χ1v) is 11.8. The Labute approximate surface area is 193 Å². The summed E-state index contributed by atoms with van der Waals surface area (Å²) < 4.78 is 6.12. The molecule has 8 nitrogen and oxygen atoms in total. The Morgan fingerprint density at radius 3 is 2.50 bits per heavy atom. The molecule has 0 spiro atoms. The summed E-state index contributed by atoms with van der Waals surface area (Å²) >= 11 is 2.78. The summed E-state index contributed by atoms with van der Waals surface area (Å²) in [6, 6.07) is 11.4. The SMILES string of the molecule is CNc1nnc(SCC(=O)c2cc(C)n(-c3c(C)n(C)n(-c4ccccc4)c3=O)c2C)s1. The summed E-state index contributed by atoms with van der Waals surface area (Å²) in [7, 11) is 3.65. The number of Topliss-reactive ketones (excluding diaryl/α,β-unsaturated/α-hetero) is 1. The molecule has 10 heteroatoms. The van der Waals surface area contributed by atoms with Gasteiger partial charge in [-0.25, -0.2) is 4.68 Å². The third kappa shape index (κ3) is 3.80. The van der Waals surface area contributed by atoms with E-state index in [0.717, 1.165) is 27.1 Å². The quantitative estimate of drug-likeness (QED) is 0.328. The molecule has 0 amide bonds. The highest BCUT2D eigenvalue weighted by Gasteiger charge is 2.23. The van der Waals surface area contributed by atoms with Crippen LogP contribution in [0.25, 0.3) is 11.4 Å². The molecule has 3 aromatic heterocycles. The summed E-state index contributed by atoms with van der Waals surface area (Å²) in [6.07, 6.45) is 0. The molecule has 0 saturated heterocycles. The van der Waals surface area contributed by atoms with E-state index in [1.54, 1.807) is 11.7 Å². The molecule has 0 bridgehead atoms. The molecule has 32 heavy (non-hydrogen) atoms. The number of aryl methyl sites for hydroxylation is 1. The molecule has 0 aliphatic heterocycles. The lowest BCUT2D eigenvalue weighted by Crippen LogP contribution is -2.22. The zero-order valence-corrected chi connectivity index (χ0v) is 20.2. The minimum atomic E-state index is -0.125. The van der Waals surface area contributed by atoms with Crippen LogP contribution in [0.2, 0.25) is 0 Å². The lowest BCUT2D eigenvalue weighted by Gasteiger charge is -2.08. The summed E-state index contributed by atoms with van der Waals surface area (Å²) in [5, 5.41) is 11.7. The maximum atomic E-state index is 13.4. The molecule has 0 fully saturated rings. The molecule has 3 heterocycles. The van der Waals surface area contributed by atoms with Gasteiger partial charge < -0.3 is 9.88 Å². The van der Waals surface area contributed by atoms with Gasteiger partial charge in [-0.2, -0.15) is 0 Å². The number of aromatic nitrogens is 5. The number of nitrogens with zero attached hydrogens (tertiary/aromatic N) is 5. The Bertz CT molecular complexity index is 1350. The number of benzene rings is 1. The van der Waals surface area contributed by atoms with Crippen LogP contribution in [-0.4, -0.2) is 42.7 Å². The van der Waals surface area contributed by atoms with Crippen molar-refractivity contribution in [3.8, 4) is 11.4 Å². The van der Waals surface area contributed by atoms with Gasteiger partial charge in [0, 0.05) is 31.0 Å². The van der Waals surface area contributed by atoms with Crippen molar-refractivity contribution >= 4 is 34.0 Å². The second-order valence-corrected chi connectivity index (χ2v) is 9.57. The first-order valence-electron chi connectivity index (χ1n) is 10.0. The number of thioether (sulfide) groups is 1. The van der Waals surface area contributed by atoms with Gasteiger partial charge in [0.15, 0.2) is 10.1 Å². The number of hydrogen-bond acceptors (Lipinski definition) is 7. The number of para-hydroxylation sites is 1. The van der Waals surface area contributed by atoms with Crippen molar-refractivity contribution in [2.24, 2.45) is 7.05 Å². The predicted octanol–water partition coefficient (Wildman–Crippen LogP) is 3.76. The molecular weight excluding hydrogens is 444 g/mol. The zero-order chi connectivity index (χ0) is 23.0. The number of carbonyl (C=O) groups excluding carboxylic acids is 1. The fraction of sp³-hybridized carbons (Fsp3) is 0.273. The normalized spacial score (nSPS) is 11.2. The van der Waals surface area contributed by atoms with Gasteiger partial charge in [-0.15, -0.1) is 10.2 Å². The molecule has 0 aliphatic carbocycles.